The summed E-state index contributed by atoms with van der Waals surface area (Å²) in [7, 11) is 0. The summed E-state index contributed by atoms with van der Waals surface area (Å²) in [6, 6.07) is 16.1. The number of H-pyrrole nitrogens is 1. The molecular formula is C18H16N4O2. The van der Waals surface area contributed by atoms with Gasteiger partial charge in [-0.1, -0.05) is 30.3 Å². The van der Waals surface area contributed by atoms with E-state index < -0.39 is 0 Å². The Hall–Kier alpha value is -3.41. The molecule has 0 radical (unpaired) electrons. The molecule has 0 aliphatic carbocycles. The monoisotopic (exact) mass is 320 g/mol. The third kappa shape index (κ3) is 3.33. The number of hydrogen-bond donors (Lipinski definition) is 3. The number of aromatic hydroxyl groups is 1. The number of aromatic nitrogens is 2. The van der Waals surface area contributed by atoms with Gasteiger partial charge in [-0.25, -0.2) is 5.43 Å². The first-order valence-corrected chi connectivity index (χ1v) is 7.38. The largest absolute Gasteiger partial charge is 0.508 e. The maximum atomic E-state index is 12.2. The van der Waals surface area contributed by atoms with Gasteiger partial charge in [0.25, 0.3) is 5.91 Å². The molecule has 3 rings (SSSR count). The lowest BCUT2D eigenvalue weighted by Gasteiger charge is -2.00. The molecule has 2 aromatic carbocycles. The van der Waals surface area contributed by atoms with Crippen LogP contribution in [0.4, 0.5) is 0 Å². The maximum Gasteiger partial charge on any atom is 0.289 e. The van der Waals surface area contributed by atoms with Crippen LogP contribution in [0.1, 0.15) is 21.6 Å². The molecule has 0 unspecified atom stereocenters. The highest BCUT2D eigenvalue weighted by atomic mass is 16.3. The first kappa shape index (κ1) is 15.5. The molecule has 0 fully saturated rings. The first-order chi connectivity index (χ1) is 11.6. The van der Waals surface area contributed by atoms with E-state index in [1.54, 1.807) is 24.3 Å². The second kappa shape index (κ2) is 6.78. The van der Waals surface area contributed by atoms with Crippen molar-refractivity contribution < 1.29 is 9.90 Å². The number of phenols is 1. The smallest absolute Gasteiger partial charge is 0.289 e. The van der Waals surface area contributed by atoms with Gasteiger partial charge in [-0.05, 0) is 36.8 Å². The molecule has 3 aromatic rings. The van der Waals surface area contributed by atoms with Crippen LogP contribution in [0.2, 0.25) is 0 Å². The fourth-order valence-corrected chi connectivity index (χ4v) is 2.28. The molecule has 0 saturated heterocycles. The van der Waals surface area contributed by atoms with Crippen molar-refractivity contribution in [1.82, 2.24) is 15.6 Å². The highest BCUT2D eigenvalue weighted by molar-refractivity contribution is 5.95. The molecule has 0 bridgehead atoms. The molecule has 6 heteroatoms. The predicted octanol–water partition coefficient (Wildman–Crippen LogP) is 2.85. The van der Waals surface area contributed by atoms with Crippen LogP contribution >= 0.6 is 0 Å². The summed E-state index contributed by atoms with van der Waals surface area (Å²) in [5, 5.41) is 20.1. The van der Waals surface area contributed by atoms with Crippen LogP contribution in [0, 0.1) is 6.92 Å². The van der Waals surface area contributed by atoms with Gasteiger partial charge in [0.1, 0.15) is 11.4 Å². The average molecular weight is 320 g/mol. The van der Waals surface area contributed by atoms with Gasteiger partial charge in [-0.15, -0.1) is 0 Å². The minimum Gasteiger partial charge on any atom is -0.508 e. The van der Waals surface area contributed by atoms with E-state index >= 15 is 0 Å². The van der Waals surface area contributed by atoms with E-state index in [0.717, 1.165) is 22.4 Å². The first-order valence-electron chi connectivity index (χ1n) is 7.38. The summed E-state index contributed by atoms with van der Waals surface area (Å²) < 4.78 is 0. The Bertz CT molecular complexity index is 868. The lowest BCUT2D eigenvalue weighted by molar-refractivity contribution is 0.0949. The van der Waals surface area contributed by atoms with E-state index in [1.165, 1.54) is 6.21 Å². The van der Waals surface area contributed by atoms with Crippen molar-refractivity contribution in [2.45, 2.75) is 6.92 Å². The van der Waals surface area contributed by atoms with Crippen LogP contribution in [-0.2, 0) is 0 Å². The summed E-state index contributed by atoms with van der Waals surface area (Å²) in [6.45, 7) is 1.84. The Labute approximate surface area is 138 Å². The number of nitrogens with zero attached hydrogens (tertiary/aromatic N) is 2. The second-order valence-electron chi connectivity index (χ2n) is 5.23. The molecular weight excluding hydrogens is 304 g/mol. The summed E-state index contributed by atoms with van der Waals surface area (Å²) in [5.41, 5.74) is 6.04. The summed E-state index contributed by atoms with van der Waals surface area (Å²) in [6.07, 6.45) is 1.50. The van der Waals surface area contributed by atoms with Gasteiger partial charge in [0, 0.05) is 11.1 Å². The Balaban J connectivity index is 1.72. The van der Waals surface area contributed by atoms with Crippen molar-refractivity contribution >= 4 is 12.1 Å². The molecule has 1 aromatic heterocycles. The van der Waals surface area contributed by atoms with Crippen molar-refractivity contribution in [3.63, 3.8) is 0 Å². The number of hydrogen-bond acceptors (Lipinski definition) is 4. The van der Waals surface area contributed by atoms with Gasteiger partial charge in [0.2, 0.25) is 0 Å². The van der Waals surface area contributed by atoms with Gasteiger partial charge < -0.3 is 5.11 Å². The van der Waals surface area contributed by atoms with E-state index in [9.17, 15) is 9.90 Å². The molecule has 0 spiro atoms. The Kier molecular flexibility index (Phi) is 4.38. The number of carbonyl (C=O) groups excluding carboxylic acids is 1. The summed E-state index contributed by atoms with van der Waals surface area (Å²) in [5.74, 6) is -0.185. The molecule has 1 heterocycles. The van der Waals surface area contributed by atoms with E-state index in [2.05, 4.69) is 20.7 Å². The van der Waals surface area contributed by atoms with E-state index in [1.807, 2.05) is 37.3 Å². The lowest BCUT2D eigenvalue weighted by atomic mass is 10.1. The molecule has 120 valence electrons. The topological polar surface area (TPSA) is 90.4 Å². The zero-order chi connectivity index (χ0) is 16.9. The Morgan fingerprint density at radius 1 is 1.17 bits per heavy atom. The number of benzene rings is 2. The van der Waals surface area contributed by atoms with Crippen molar-refractivity contribution in [3.05, 3.63) is 71.4 Å². The molecule has 6 nitrogen and oxygen atoms in total. The number of hydrazone groups is 1. The van der Waals surface area contributed by atoms with Crippen molar-refractivity contribution in [2.24, 2.45) is 5.10 Å². The fourth-order valence-electron chi connectivity index (χ4n) is 2.28. The Morgan fingerprint density at radius 3 is 2.58 bits per heavy atom. The highest BCUT2D eigenvalue weighted by Gasteiger charge is 2.16. The number of amides is 1. The minimum atomic E-state index is -0.364. The predicted molar refractivity (Wildman–Crippen MR) is 91.9 cm³/mol. The zero-order valence-electron chi connectivity index (χ0n) is 13.0. The van der Waals surface area contributed by atoms with Crippen LogP contribution < -0.4 is 5.43 Å². The minimum absolute atomic E-state index is 0.178. The summed E-state index contributed by atoms with van der Waals surface area (Å²) in [4.78, 5) is 12.2. The quantitative estimate of drug-likeness (QED) is 0.510. The second-order valence-corrected chi connectivity index (χ2v) is 5.23. The van der Waals surface area contributed by atoms with E-state index in [-0.39, 0.29) is 11.7 Å². The van der Waals surface area contributed by atoms with E-state index in [4.69, 9.17) is 0 Å². The normalized spacial score (nSPS) is 10.9. The van der Waals surface area contributed by atoms with Gasteiger partial charge in [-0.2, -0.15) is 10.2 Å². The maximum absolute atomic E-state index is 12.2. The van der Waals surface area contributed by atoms with Crippen molar-refractivity contribution in [1.29, 1.82) is 0 Å². The van der Waals surface area contributed by atoms with Crippen LogP contribution in [0.3, 0.4) is 0 Å². The molecule has 0 atom stereocenters. The standard InChI is InChI=1S/C18H16N4O2/c1-12-16(14-5-3-2-4-6-14)20-21-17(12)18(24)22-19-11-13-7-9-15(23)10-8-13/h2-11,23H,1H3,(H,20,21)(H,22,24)/b19-11-. The molecule has 0 aliphatic rings. The molecule has 3 N–H and O–H groups in total. The van der Waals surface area contributed by atoms with Crippen LogP contribution in [0.5, 0.6) is 5.75 Å². The van der Waals surface area contributed by atoms with Crippen molar-refractivity contribution in [2.75, 3.05) is 0 Å². The number of aromatic amines is 1. The average Bonchev–Trinajstić information content (AvgIpc) is 2.99. The van der Waals surface area contributed by atoms with Gasteiger partial charge >= 0.3 is 0 Å². The van der Waals surface area contributed by atoms with Gasteiger partial charge in [0.05, 0.1) is 11.9 Å². The fraction of sp³-hybridized carbons (Fsp3) is 0.0556. The number of rotatable bonds is 4. The lowest BCUT2D eigenvalue weighted by Crippen LogP contribution is -2.19. The third-order valence-corrected chi connectivity index (χ3v) is 3.56. The van der Waals surface area contributed by atoms with Crippen LogP contribution in [-0.4, -0.2) is 27.4 Å². The van der Waals surface area contributed by atoms with Crippen molar-refractivity contribution in [3.8, 4) is 17.0 Å². The highest BCUT2D eigenvalue weighted by Crippen LogP contribution is 2.22. The number of carbonyl (C=O) groups is 1. The third-order valence-electron chi connectivity index (χ3n) is 3.56. The molecule has 0 aliphatic heterocycles. The van der Waals surface area contributed by atoms with Crippen LogP contribution in [0.15, 0.2) is 59.7 Å². The number of nitrogens with one attached hydrogen (secondary N) is 2. The Morgan fingerprint density at radius 2 is 1.88 bits per heavy atom. The van der Waals surface area contributed by atoms with E-state index in [0.29, 0.717) is 5.69 Å². The molecule has 1 amide bonds. The van der Waals surface area contributed by atoms with Crippen LogP contribution in [0.25, 0.3) is 11.3 Å². The van der Waals surface area contributed by atoms with Gasteiger partial charge in [-0.3, -0.25) is 9.89 Å². The zero-order valence-corrected chi connectivity index (χ0v) is 13.0. The SMILES string of the molecule is Cc1c(-c2ccccc2)n[nH]c1C(=O)N/N=C\c1ccc(O)cc1. The number of phenolic OH excluding ortho intramolecular Hbond substituents is 1. The van der Waals surface area contributed by atoms with Gasteiger partial charge in [0.15, 0.2) is 0 Å². The molecule has 24 heavy (non-hydrogen) atoms. The summed E-state index contributed by atoms with van der Waals surface area (Å²) >= 11 is 0. The molecule has 0 saturated carbocycles.